The van der Waals surface area contributed by atoms with Crippen molar-refractivity contribution in [1.82, 2.24) is 15.0 Å². The van der Waals surface area contributed by atoms with Gasteiger partial charge >= 0.3 is 0 Å². The smallest absolute Gasteiger partial charge is 0.0992 e. The van der Waals surface area contributed by atoms with Gasteiger partial charge in [-0.2, -0.15) is 0 Å². The second-order valence-corrected chi connectivity index (χ2v) is 5.33. The van der Waals surface area contributed by atoms with Crippen LogP contribution in [0.4, 0.5) is 0 Å². The number of aromatic amines is 1. The number of hydrogen-bond donors (Lipinski definition) is 1. The lowest BCUT2D eigenvalue weighted by Gasteiger charge is -2.03. The molecule has 0 amide bonds. The molecule has 0 unspecified atom stereocenters. The van der Waals surface area contributed by atoms with E-state index in [2.05, 4.69) is 46.5 Å². The molecule has 2 heterocycles. The van der Waals surface area contributed by atoms with E-state index in [-0.39, 0.29) is 0 Å². The number of rotatable bonds is 4. The summed E-state index contributed by atoms with van der Waals surface area (Å²) in [4.78, 5) is 11.9. The summed E-state index contributed by atoms with van der Waals surface area (Å²) in [5.41, 5.74) is 4.78. The summed E-state index contributed by atoms with van der Waals surface area (Å²) in [6, 6.07) is 8.47. The zero-order valence-corrected chi connectivity index (χ0v) is 11.6. The van der Waals surface area contributed by atoms with E-state index in [0.717, 1.165) is 29.2 Å². The van der Waals surface area contributed by atoms with Crippen LogP contribution < -0.4 is 0 Å². The SMILES string of the molecule is CCc1ccccc1-c1csc(Cc2cnc[nH]2)n1. The van der Waals surface area contributed by atoms with E-state index in [1.165, 1.54) is 11.1 Å². The number of H-pyrrole nitrogens is 1. The molecule has 3 rings (SSSR count). The first-order chi connectivity index (χ1) is 9.36. The number of aryl methyl sites for hydroxylation is 1. The summed E-state index contributed by atoms with van der Waals surface area (Å²) in [7, 11) is 0. The number of nitrogens with one attached hydrogen (secondary N) is 1. The predicted octanol–water partition coefficient (Wildman–Crippen LogP) is 3.69. The standard InChI is InChI=1S/C15H15N3S/c1-2-11-5-3-4-6-13(11)14-9-19-15(18-14)7-12-8-16-10-17-12/h3-6,8-10H,2,7H2,1H3,(H,16,17). The third kappa shape index (κ3) is 2.58. The average Bonchev–Trinajstić information content (AvgIpc) is 3.11. The Morgan fingerprint density at radius 3 is 2.95 bits per heavy atom. The van der Waals surface area contributed by atoms with Crippen LogP contribution in [0.2, 0.25) is 0 Å². The van der Waals surface area contributed by atoms with Gasteiger partial charge in [0, 0.05) is 29.3 Å². The summed E-state index contributed by atoms with van der Waals surface area (Å²) in [6.07, 6.45) is 5.40. The normalized spacial score (nSPS) is 10.8. The van der Waals surface area contributed by atoms with Crippen molar-refractivity contribution in [3.8, 4) is 11.3 Å². The molecule has 1 aromatic carbocycles. The highest BCUT2D eigenvalue weighted by atomic mass is 32.1. The van der Waals surface area contributed by atoms with Gasteiger partial charge in [-0.25, -0.2) is 9.97 Å². The lowest BCUT2D eigenvalue weighted by molar-refractivity contribution is 1.07. The van der Waals surface area contributed by atoms with Crippen LogP contribution in [-0.2, 0) is 12.8 Å². The molecule has 0 aliphatic carbocycles. The minimum atomic E-state index is 0.818. The molecule has 0 fully saturated rings. The molecule has 0 saturated carbocycles. The Labute approximate surface area is 116 Å². The maximum atomic E-state index is 4.73. The Bertz CT molecular complexity index is 656. The van der Waals surface area contributed by atoms with Gasteiger partial charge in [0.25, 0.3) is 0 Å². The van der Waals surface area contributed by atoms with Crippen LogP contribution >= 0.6 is 11.3 Å². The first-order valence-corrected chi connectivity index (χ1v) is 7.24. The average molecular weight is 269 g/mol. The van der Waals surface area contributed by atoms with E-state index in [9.17, 15) is 0 Å². The number of thiazole rings is 1. The zero-order chi connectivity index (χ0) is 13.1. The summed E-state index contributed by atoms with van der Waals surface area (Å²) in [5, 5.41) is 3.25. The van der Waals surface area contributed by atoms with Crippen LogP contribution in [0.1, 0.15) is 23.2 Å². The number of nitrogens with zero attached hydrogens (tertiary/aromatic N) is 2. The molecule has 19 heavy (non-hydrogen) atoms. The van der Waals surface area contributed by atoms with Gasteiger partial charge < -0.3 is 4.98 Å². The second-order valence-electron chi connectivity index (χ2n) is 4.39. The molecular weight excluding hydrogens is 254 g/mol. The van der Waals surface area contributed by atoms with Gasteiger partial charge in [-0.05, 0) is 12.0 Å². The van der Waals surface area contributed by atoms with Gasteiger partial charge in [-0.3, -0.25) is 0 Å². The third-order valence-corrected chi connectivity index (χ3v) is 3.97. The fourth-order valence-corrected chi connectivity index (χ4v) is 2.96. The minimum Gasteiger partial charge on any atom is -0.348 e. The Kier molecular flexibility index (Phi) is 3.42. The Balaban J connectivity index is 1.88. The Morgan fingerprint density at radius 2 is 2.16 bits per heavy atom. The zero-order valence-electron chi connectivity index (χ0n) is 10.8. The van der Waals surface area contributed by atoms with E-state index in [1.54, 1.807) is 17.7 Å². The first kappa shape index (κ1) is 12.1. The molecular formula is C15H15N3S. The Morgan fingerprint density at radius 1 is 1.26 bits per heavy atom. The molecule has 3 aromatic rings. The lowest BCUT2D eigenvalue weighted by atomic mass is 10.0. The molecule has 4 heteroatoms. The summed E-state index contributed by atoms with van der Waals surface area (Å²) >= 11 is 1.70. The van der Waals surface area contributed by atoms with Crippen molar-refractivity contribution in [2.75, 3.05) is 0 Å². The second kappa shape index (κ2) is 5.36. The van der Waals surface area contributed by atoms with Gasteiger partial charge in [0.05, 0.1) is 17.0 Å². The fourth-order valence-electron chi connectivity index (χ4n) is 2.14. The largest absolute Gasteiger partial charge is 0.348 e. The number of benzene rings is 1. The van der Waals surface area contributed by atoms with Crippen LogP contribution in [0.5, 0.6) is 0 Å². The molecule has 0 atom stereocenters. The monoisotopic (exact) mass is 269 g/mol. The van der Waals surface area contributed by atoms with Gasteiger partial charge in [0.1, 0.15) is 0 Å². The maximum absolute atomic E-state index is 4.73. The van der Waals surface area contributed by atoms with E-state index in [4.69, 9.17) is 4.98 Å². The summed E-state index contributed by atoms with van der Waals surface area (Å²) < 4.78 is 0. The van der Waals surface area contributed by atoms with Gasteiger partial charge in [0.15, 0.2) is 0 Å². The molecule has 0 bridgehead atoms. The number of imidazole rings is 1. The highest BCUT2D eigenvalue weighted by Crippen LogP contribution is 2.26. The molecule has 96 valence electrons. The third-order valence-electron chi connectivity index (χ3n) is 3.12. The maximum Gasteiger partial charge on any atom is 0.0992 e. The lowest BCUT2D eigenvalue weighted by Crippen LogP contribution is -1.90. The van der Waals surface area contributed by atoms with Crippen molar-refractivity contribution in [2.24, 2.45) is 0 Å². The molecule has 0 aliphatic rings. The van der Waals surface area contributed by atoms with Crippen molar-refractivity contribution in [2.45, 2.75) is 19.8 Å². The topological polar surface area (TPSA) is 41.6 Å². The quantitative estimate of drug-likeness (QED) is 0.785. The van der Waals surface area contributed by atoms with Crippen LogP contribution in [0.25, 0.3) is 11.3 Å². The van der Waals surface area contributed by atoms with E-state index in [1.807, 2.05) is 6.20 Å². The fraction of sp³-hybridized carbons (Fsp3) is 0.200. The Hall–Kier alpha value is -1.94. The summed E-state index contributed by atoms with van der Waals surface area (Å²) in [6.45, 7) is 2.18. The minimum absolute atomic E-state index is 0.818. The van der Waals surface area contributed by atoms with Crippen molar-refractivity contribution in [3.63, 3.8) is 0 Å². The van der Waals surface area contributed by atoms with Crippen molar-refractivity contribution >= 4 is 11.3 Å². The molecule has 0 saturated heterocycles. The number of hydrogen-bond acceptors (Lipinski definition) is 3. The molecule has 0 radical (unpaired) electrons. The summed E-state index contributed by atoms with van der Waals surface area (Å²) in [5.74, 6) is 0. The van der Waals surface area contributed by atoms with E-state index >= 15 is 0 Å². The molecule has 0 aliphatic heterocycles. The van der Waals surface area contributed by atoms with E-state index < -0.39 is 0 Å². The van der Waals surface area contributed by atoms with Crippen molar-refractivity contribution in [3.05, 3.63) is 58.4 Å². The van der Waals surface area contributed by atoms with Crippen LogP contribution in [-0.4, -0.2) is 15.0 Å². The van der Waals surface area contributed by atoms with E-state index in [0.29, 0.717) is 0 Å². The van der Waals surface area contributed by atoms with Crippen LogP contribution in [0.15, 0.2) is 42.2 Å². The predicted molar refractivity (Wildman–Crippen MR) is 78.3 cm³/mol. The molecule has 0 spiro atoms. The molecule has 3 nitrogen and oxygen atoms in total. The number of aromatic nitrogens is 3. The molecule has 1 N–H and O–H groups in total. The van der Waals surface area contributed by atoms with Gasteiger partial charge in [-0.1, -0.05) is 31.2 Å². The van der Waals surface area contributed by atoms with Gasteiger partial charge in [0.2, 0.25) is 0 Å². The highest BCUT2D eigenvalue weighted by molar-refractivity contribution is 7.10. The van der Waals surface area contributed by atoms with Crippen molar-refractivity contribution < 1.29 is 0 Å². The van der Waals surface area contributed by atoms with Crippen LogP contribution in [0, 0.1) is 0 Å². The first-order valence-electron chi connectivity index (χ1n) is 6.36. The van der Waals surface area contributed by atoms with Gasteiger partial charge in [-0.15, -0.1) is 11.3 Å². The highest BCUT2D eigenvalue weighted by Gasteiger charge is 2.08. The molecule has 2 aromatic heterocycles. The van der Waals surface area contributed by atoms with Crippen LogP contribution in [0.3, 0.4) is 0 Å². The van der Waals surface area contributed by atoms with Crippen molar-refractivity contribution in [1.29, 1.82) is 0 Å².